The average Bonchev–Trinajstić information content (AvgIpc) is 3.01. The molecule has 7 nitrogen and oxygen atoms in total. The SMILES string of the molecule is COc1cc(/C=C2\SC(=Nc3cccc(Cl)c3)NC2=O)ccc1O[C@H](C)C(=O)O. The summed E-state index contributed by atoms with van der Waals surface area (Å²) in [5.41, 5.74) is 1.33. The van der Waals surface area contributed by atoms with Crippen LogP contribution in [-0.4, -0.2) is 35.4 Å². The Kier molecular flexibility index (Phi) is 6.46. The van der Waals surface area contributed by atoms with Crippen molar-refractivity contribution in [3.8, 4) is 11.5 Å². The number of carbonyl (C=O) groups is 2. The first-order valence-electron chi connectivity index (χ1n) is 8.48. The van der Waals surface area contributed by atoms with Crippen LogP contribution >= 0.6 is 23.4 Å². The third-order valence-corrected chi connectivity index (χ3v) is 4.97. The van der Waals surface area contributed by atoms with E-state index in [1.54, 1.807) is 48.5 Å². The van der Waals surface area contributed by atoms with Gasteiger partial charge in [-0.15, -0.1) is 0 Å². The number of benzene rings is 2. The van der Waals surface area contributed by atoms with E-state index >= 15 is 0 Å². The number of aliphatic carboxylic acids is 1. The van der Waals surface area contributed by atoms with Gasteiger partial charge in [0.15, 0.2) is 22.8 Å². The van der Waals surface area contributed by atoms with Gasteiger partial charge in [-0.3, -0.25) is 4.79 Å². The zero-order valence-corrected chi connectivity index (χ0v) is 17.1. The lowest BCUT2D eigenvalue weighted by molar-refractivity contribution is -0.144. The summed E-state index contributed by atoms with van der Waals surface area (Å²) in [6.07, 6.45) is 0.669. The number of hydrogen-bond donors (Lipinski definition) is 2. The highest BCUT2D eigenvalue weighted by atomic mass is 35.5. The first kappa shape index (κ1) is 20.8. The summed E-state index contributed by atoms with van der Waals surface area (Å²) in [7, 11) is 1.46. The van der Waals surface area contributed by atoms with Gasteiger partial charge in [-0.2, -0.15) is 0 Å². The Morgan fingerprint density at radius 3 is 2.76 bits per heavy atom. The molecule has 2 aromatic carbocycles. The van der Waals surface area contributed by atoms with Crippen molar-refractivity contribution in [1.29, 1.82) is 0 Å². The molecular weight excluding hydrogens is 416 g/mol. The Hall–Kier alpha value is -2.97. The molecule has 150 valence electrons. The molecule has 3 rings (SSSR count). The minimum absolute atomic E-state index is 0.269. The Morgan fingerprint density at radius 1 is 1.28 bits per heavy atom. The summed E-state index contributed by atoms with van der Waals surface area (Å²) < 4.78 is 10.7. The van der Waals surface area contributed by atoms with Crippen LogP contribution in [0.2, 0.25) is 5.02 Å². The smallest absolute Gasteiger partial charge is 0.344 e. The Morgan fingerprint density at radius 2 is 2.07 bits per heavy atom. The number of aliphatic imine (C=N–C) groups is 1. The number of methoxy groups -OCH3 is 1. The van der Waals surface area contributed by atoms with Crippen molar-refractivity contribution >= 4 is 52.2 Å². The molecule has 9 heteroatoms. The number of rotatable bonds is 6. The second kappa shape index (κ2) is 9.02. The van der Waals surface area contributed by atoms with E-state index in [0.29, 0.717) is 37.8 Å². The molecule has 0 aliphatic carbocycles. The number of halogens is 1. The monoisotopic (exact) mass is 432 g/mol. The third-order valence-electron chi connectivity index (χ3n) is 3.83. The lowest BCUT2D eigenvalue weighted by atomic mass is 10.2. The molecule has 29 heavy (non-hydrogen) atoms. The first-order valence-corrected chi connectivity index (χ1v) is 9.68. The Labute approximate surface area is 176 Å². The summed E-state index contributed by atoms with van der Waals surface area (Å²) in [5.74, 6) is -0.682. The fraction of sp³-hybridized carbons (Fsp3) is 0.150. The molecule has 1 aliphatic heterocycles. The predicted molar refractivity (Wildman–Crippen MR) is 113 cm³/mol. The lowest BCUT2D eigenvalue weighted by Crippen LogP contribution is -2.23. The number of carboxylic acid groups (broad SMARTS) is 1. The molecule has 0 aromatic heterocycles. The summed E-state index contributed by atoms with van der Waals surface area (Å²) in [5, 5.41) is 12.7. The van der Waals surface area contributed by atoms with E-state index in [1.807, 2.05) is 0 Å². The molecule has 0 radical (unpaired) electrons. The number of hydrogen-bond acceptors (Lipinski definition) is 6. The van der Waals surface area contributed by atoms with Crippen LogP contribution in [0.5, 0.6) is 11.5 Å². The van der Waals surface area contributed by atoms with Gasteiger partial charge in [0, 0.05) is 5.02 Å². The minimum atomic E-state index is -1.08. The van der Waals surface area contributed by atoms with E-state index in [0.717, 1.165) is 0 Å². The van der Waals surface area contributed by atoms with Gasteiger partial charge in [0.05, 0.1) is 17.7 Å². The van der Waals surface area contributed by atoms with E-state index in [1.165, 1.54) is 25.8 Å². The Bertz CT molecular complexity index is 1020. The molecule has 1 amide bonds. The summed E-state index contributed by atoms with van der Waals surface area (Å²) in [6.45, 7) is 1.43. The number of thioether (sulfide) groups is 1. The van der Waals surface area contributed by atoms with Gasteiger partial charge in [0.2, 0.25) is 0 Å². The average molecular weight is 433 g/mol. The van der Waals surface area contributed by atoms with Crippen LogP contribution in [0, 0.1) is 0 Å². The van der Waals surface area contributed by atoms with Crippen molar-refractivity contribution in [2.24, 2.45) is 4.99 Å². The van der Waals surface area contributed by atoms with Crippen LogP contribution in [0.4, 0.5) is 5.69 Å². The molecule has 0 spiro atoms. The zero-order valence-electron chi connectivity index (χ0n) is 15.5. The van der Waals surface area contributed by atoms with E-state index in [2.05, 4.69) is 10.3 Å². The molecule has 1 saturated heterocycles. The summed E-state index contributed by atoms with van der Waals surface area (Å²) >= 11 is 7.16. The van der Waals surface area contributed by atoms with Crippen LogP contribution in [0.1, 0.15) is 12.5 Å². The number of amidine groups is 1. The van der Waals surface area contributed by atoms with E-state index in [-0.39, 0.29) is 5.91 Å². The van der Waals surface area contributed by atoms with Gasteiger partial charge in [0.25, 0.3) is 5.91 Å². The van der Waals surface area contributed by atoms with Crippen molar-refractivity contribution in [3.63, 3.8) is 0 Å². The summed E-state index contributed by atoms with van der Waals surface area (Å²) in [6, 6.07) is 12.0. The largest absolute Gasteiger partial charge is 0.493 e. The van der Waals surface area contributed by atoms with Crippen LogP contribution in [0.15, 0.2) is 52.4 Å². The molecule has 1 aliphatic rings. The normalized spacial score (nSPS) is 17.3. The van der Waals surface area contributed by atoms with Crippen molar-refractivity contribution in [1.82, 2.24) is 5.32 Å². The quantitative estimate of drug-likeness (QED) is 0.667. The van der Waals surface area contributed by atoms with Crippen LogP contribution in [0.3, 0.4) is 0 Å². The van der Waals surface area contributed by atoms with E-state index < -0.39 is 12.1 Å². The number of carboxylic acids is 1. The van der Waals surface area contributed by atoms with Gasteiger partial charge < -0.3 is 19.9 Å². The fourth-order valence-electron chi connectivity index (χ4n) is 2.41. The molecular formula is C20H17ClN2O5S. The van der Waals surface area contributed by atoms with Crippen molar-refractivity contribution in [3.05, 3.63) is 58.0 Å². The minimum Gasteiger partial charge on any atom is -0.493 e. The maximum atomic E-state index is 12.3. The molecule has 2 aromatic rings. The van der Waals surface area contributed by atoms with E-state index in [4.69, 9.17) is 26.2 Å². The highest BCUT2D eigenvalue weighted by Gasteiger charge is 2.24. The van der Waals surface area contributed by atoms with Gasteiger partial charge in [-0.1, -0.05) is 23.7 Å². The number of nitrogens with zero attached hydrogens (tertiary/aromatic N) is 1. The third kappa shape index (κ3) is 5.30. The Balaban J connectivity index is 1.80. The molecule has 0 bridgehead atoms. The maximum Gasteiger partial charge on any atom is 0.344 e. The van der Waals surface area contributed by atoms with Gasteiger partial charge in [-0.25, -0.2) is 9.79 Å². The van der Waals surface area contributed by atoms with Crippen molar-refractivity contribution in [2.75, 3.05) is 7.11 Å². The van der Waals surface area contributed by atoms with Gasteiger partial charge in [-0.05, 0) is 60.7 Å². The van der Waals surface area contributed by atoms with Crippen molar-refractivity contribution in [2.45, 2.75) is 13.0 Å². The zero-order chi connectivity index (χ0) is 21.0. The molecule has 1 atom stereocenters. The highest BCUT2D eigenvalue weighted by molar-refractivity contribution is 8.18. The number of carbonyl (C=O) groups excluding carboxylic acids is 1. The number of ether oxygens (including phenoxy) is 2. The van der Waals surface area contributed by atoms with Crippen molar-refractivity contribution < 1.29 is 24.2 Å². The standard InChI is InChI=1S/C20H17ClN2O5S/c1-11(19(25)26)28-15-7-6-12(8-16(15)27-2)9-17-18(24)23-20(29-17)22-14-5-3-4-13(21)10-14/h3-11H,1-2H3,(H,25,26)(H,22,23,24)/b17-9-/t11-/m1/s1. The summed E-state index contributed by atoms with van der Waals surface area (Å²) in [4.78, 5) is 28.1. The topological polar surface area (TPSA) is 97.2 Å². The van der Waals surface area contributed by atoms with Crippen LogP contribution in [-0.2, 0) is 9.59 Å². The first-order chi connectivity index (χ1) is 13.9. The fourth-order valence-corrected chi connectivity index (χ4v) is 3.43. The van der Waals surface area contributed by atoms with Gasteiger partial charge >= 0.3 is 5.97 Å². The molecule has 2 N–H and O–H groups in total. The molecule has 1 fully saturated rings. The van der Waals surface area contributed by atoms with Crippen LogP contribution in [0.25, 0.3) is 6.08 Å². The molecule has 1 heterocycles. The molecule has 0 saturated carbocycles. The highest BCUT2D eigenvalue weighted by Crippen LogP contribution is 2.33. The van der Waals surface area contributed by atoms with Crippen LogP contribution < -0.4 is 14.8 Å². The second-order valence-electron chi connectivity index (χ2n) is 5.97. The van der Waals surface area contributed by atoms with Gasteiger partial charge in [0.1, 0.15) is 0 Å². The lowest BCUT2D eigenvalue weighted by Gasteiger charge is -2.14. The second-order valence-corrected chi connectivity index (χ2v) is 7.44. The number of amides is 1. The number of nitrogens with one attached hydrogen (secondary N) is 1. The van der Waals surface area contributed by atoms with E-state index in [9.17, 15) is 9.59 Å². The predicted octanol–water partition coefficient (Wildman–Crippen LogP) is 4.09. The maximum absolute atomic E-state index is 12.3. The molecule has 0 unspecified atom stereocenters.